The lowest BCUT2D eigenvalue weighted by Gasteiger charge is -2.18. The van der Waals surface area contributed by atoms with Gasteiger partial charge in [0, 0.05) is 6.04 Å². The minimum Gasteiger partial charge on any atom is -0.481 e. The number of carboxylic acid groups (broad SMARTS) is 1. The predicted octanol–water partition coefficient (Wildman–Crippen LogP) is -0.585. The maximum atomic E-state index is 10.3. The number of nitrogens with two attached hydrogens (primary N) is 1. The van der Waals surface area contributed by atoms with Crippen molar-refractivity contribution in [2.75, 3.05) is 0 Å². The number of rotatable bonds is 3. The van der Waals surface area contributed by atoms with E-state index in [1.54, 1.807) is 6.92 Å². The molecule has 0 rings (SSSR count). The van der Waals surface area contributed by atoms with Crippen molar-refractivity contribution in [3.63, 3.8) is 0 Å². The first kappa shape index (κ1) is 9.39. The summed E-state index contributed by atoms with van der Waals surface area (Å²) in [5.74, 6) is -1.91. The fourth-order valence-electron chi connectivity index (χ4n) is 0.871. The van der Waals surface area contributed by atoms with E-state index < -0.39 is 24.0 Å². The van der Waals surface area contributed by atoms with Crippen molar-refractivity contribution >= 4 is 5.97 Å². The molecule has 0 radical (unpaired) electrons. The van der Waals surface area contributed by atoms with E-state index in [0.29, 0.717) is 0 Å². The summed E-state index contributed by atoms with van der Waals surface area (Å²) in [4.78, 5) is 10.3. The Kier molecular flexibility index (Phi) is 3.32. The first-order chi connectivity index (χ1) is 4.46. The van der Waals surface area contributed by atoms with Crippen LogP contribution < -0.4 is 5.73 Å². The molecule has 0 bridgehead atoms. The monoisotopic (exact) mass is 147 g/mol. The van der Waals surface area contributed by atoms with Crippen LogP contribution >= 0.6 is 0 Å². The van der Waals surface area contributed by atoms with Gasteiger partial charge in [-0.3, -0.25) is 4.79 Å². The van der Waals surface area contributed by atoms with Gasteiger partial charge in [-0.05, 0) is 13.8 Å². The van der Waals surface area contributed by atoms with Crippen molar-refractivity contribution in [1.29, 1.82) is 0 Å². The van der Waals surface area contributed by atoms with Gasteiger partial charge in [0.2, 0.25) is 0 Å². The zero-order chi connectivity index (χ0) is 8.31. The highest BCUT2D eigenvalue weighted by Gasteiger charge is 2.26. The Hall–Kier alpha value is -0.610. The molecule has 60 valence electrons. The lowest BCUT2D eigenvalue weighted by atomic mass is 9.97. The quantitative estimate of drug-likeness (QED) is 0.498. The Morgan fingerprint density at radius 3 is 1.90 bits per heavy atom. The second kappa shape index (κ2) is 3.53. The number of aliphatic carboxylic acids is 1. The molecule has 0 aliphatic carbocycles. The molecule has 0 fully saturated rings. The van der Waals surface area contributed by atoms with Gasteiger partial charge in [-0.2, -0.15) is 0 Å². The Morgan fingerprint density at radius 1 is 1.50 bits per heavy atom. The van der Waals surface area contributed by atoms with E-state index in [1.165, 1.54) is 6.92 Å². The standard InChI is InChI=1S/C6H13NO3/c1-3(7)5(4(2)8)6(9)10/h3-5,8H,7H2,1-2H3,(H,9,10)/t3-,4+,5+/m0/s1. The lowest BCUT2D eigenvalue weighted by Crippen LogP contribution is -2.39. The summed E-state index contributed by atoms with van der Waals surface area (Å²) < 4.78 is 0. The summed E-state index contributed by atoms with van der Waals surface area (Å²) in [6.07, 6.45) is -0.891. The molecule has 0 saturated carbocycles. The van der Waals surface area contributed by atoms with Crippen molar-refractivity contribution in [2.24, 2.45) is 11.7 Å². The average molecular weight is 147 g/mol. The van der Waals surface area contributed by atoms with Gasteiger partial charge in [0.15, 0.2) is 0 Å². The number of aliphatic hydroxyl groups excluding tert-OH is 1. The van der Waals surface area contributed by atoms with E-state index in [9.17, 15) is 4.79 Å². The van der Waals surface area contributed by atoms with Gasteiger partial charge in [-0.25, -0.2) is 0 Å². The summed E-state index contributed by atoms with van der Waals surface area (Å²) in [6.45, 7) is 2.98. The third kappa shape index (κ3) is 2.33. The SMILES string of the molecule is C[C@H](N)[C@@H](C(=O)O)[C@@H](C)O. The van der Waals surface area contributed by atoms with Crippen LogP contribution in [0.4, 0.5) is 0 Å². The number of hydrogen-bond acceptors (Lipinski definition) is 3. The van der Waals surface area contributed by atoms with Crippen molar-refractivity contribution in [1.82, 2.24) is 0 Å². The van der Waals surface area contributed by atoms with Crippen molar-refractivity contribution in [2.45, 2.75) is 26.0 Å². The summed E-state index contributed by atoms with van der Waals surface area (Å²) in [5, 5.41) is 17.4. The lowest BCUT2D eigenvalue weighted by molar-refractivity contribution is -0.146. The highest BCUT2D eigenvalue weighted by molar-refractivity contribution is 5.71. The van der Waals surface area contributed by atoms with Crippen LogP contribution in [0.15, 0.2) is 0 Å². The molecule has 0 saturated heterocycles. The van der Waals surface area contributed by atoms with Crippen LogP contribution in [-0.2, 0) is 4.79 Å². The zero-order valence-corrected chi connectivity index (χ0v) is 6.11. The molecule has 0 aromatic heterocycles. The fourth-order valence-corrected chi connectivity index (χ4v) is 0.871. The third-order valence-electron chi connectivity index (χ3n) is 1.37. The molecule has 3 atom stereocenters. The van der Waals surface area contributed by atoms with E-state index in [1.807, 2.05) is 0 Å². The van der Waals surface area contributed by atoms with Crippen molar-refractivity contribution in [3.8, 4) is 0 Å². The summed E-state index contributed by atoms with van der Waals surface area (Å²) >= 11 is 0. The Labute approximate surface area is 59.7 Å². The van der Waals surface area contributed by atoms with Crippen molar-refractivity contribution < 1.29 is 15.0 Å². The minimum atomic E-state index is -1.05. The highest BCUT2D eigenvalue weighted by atomic mass is 16.4. The molecule has 0 spiro atoms. The first-order valence-electron chi connectivity index (χ1n) is 3.13. The van der Waals surface area contributed by atoms with E-state index in [4.69, 9.17) is 15.9 Å². The van der Waals surface area contributed by atoms with Gasteiger partial charge < -0.3 is 15.9 Å². The van der Waals surface area contributed by atoms with Crippen LogP contribution in [0.25, 0.3) is 0 Å². The van der Waals surface area contributed by atoms with Gasteiger partial charge in [-0.1, -0.05) is 0 Å². The topological polar surface area (TPSA) is 83.6 Å². The largest absolute Gasteiger partial charge is 0.481 e. The number of hydrogen-bond donors (Lipinski definition) is 3. The third-order valence-corrected chi connectivity index (χ3v) is 1.37. The van der Waals surface area contributed by atoms with Crippen LogP contribution in [0, 0.1) is 5.92 Å². The van der Waals surface area contributed by atoms with Crippen LogP contribution in [-0.4, -0.2) is 28.3 Å². The van der Waals surface area contributed by atoms with Gasteiger partial charge in [0.1, 0.15) is 0 Å². The average Bonchev–Trinajstić information content (AvgIpc) is 1.59. The molecule has 10 heavy (non-hydrogen) atoms. The maximum Gasteiger partial charge on any atom is 0.310 e. The fraction of sp³-hybridized carbons (Fsp3) is 0.833. The number of aliphatic hydroxyl groups is 1. The molecule has 0 heterocycles. The number of carbonyl (C=O) groups is 1. The predicted molar refractivity (Wildman–Crippen MR) is 36.5 cm³/mol. The zero-order valence-electron chi connectivity index (χ0n) is 6.11. The molecular formula is C6H13NO3. The Bertz CT molecular complexity index is 114. The van der Waals surface area contributed by atoms with Gasteiger partial charge in [-0.15, -0.1) is 0 Å². The first-order valence-corrected chi connectivity index (χ1v) is 3.13. The molecule has 0 unspecified atom stereocenters. The van der Waals surface area contributed by atoms with E-state index in [0.717, 1.165) is 0 Å². The molecule has 4 heteroatoms. The van der Waals surface area contributed by atoms with Gasteiger partial charge in [0.25, 0.3) is 0 Å². The maximum absolute atomic E-state index is 10.3. The van der Waals surface area contributed by atoms with E-state index in [-0.39, 0.29) is 0 Å². The summed E-state index contributed by atoms with van der Waals surface area (Å²) in [6, 6.07) is -0.516. The van der Waals surface area contributed by atoms with Gasteiger partial charge >= 0.3 is 5.97 Å². The Morgan fingerprint density at radius 2 is 1.90 bits per heavy atom. The van der Waals surface area contributed by atoms with Crippen LogP contribution in [0.2, 0.25) is 0 Å². The molecule has 0 aromatic carbocycles. The number of carboxylic acids is 1. The summed E-state index contributed by atoms with van der Waals surface area (Å²) in [5.41, 5.74) is 5.30. The molecule has 0 aliphatic rings. The molecule has 0 aliphatic heterocycles. The van der Waals surface area contributed by atoms with Gasteiger partial charge in [0.05, 0.1) is 12.0 Å². The molecule has 0 aromatic rings. The smallest absolute Gasteiger partial charge is 0.310 e. The normalized spacial score (nSPS) is 19.6. The Balaban J connectivity index is 4.12. The molecule has 0 amide bonds. The second-order valence-corrected chi connectivity index (χ2v) is 2.46. The van der Waals surface area contributed by atoms with E-state index >= 15 is 0 Å². The van der Waals surface area contributed by atoms with Crippen LogP contribution in [0.3, 0.4) is 0 Å². The van der Waals surface area contributed by atoms with Crippen LogP contribution in [0.1, 0.15) is 13.8 Å². The van der Waals surface area contributed by atoms with Crippen molar-refractivity contribution in [3.05, 3.63) is 0 Å². The minimum absolute atomic E-state index is 0.516. The molecule has 4 N–H and O–H groups in total. The molecule has 4 nitrogen and oxygen atoms in total. The summed E-state index contributed by atoms with van der Waals surface area (Å²) in [7, 11) is 0. The highest BCUT2D eigenvalue weighted by Crippen LogP contribution is 2.06. The van der Waals surface area contributed by atoms with E-state index in [2.05, 4.69) is 0 Å². The molecular weight excluding hydrogens is 134 g/mol. The second-order valence-electron chi connectivity index (χ2n) is 2.46. The van der Waals surface area contributed by atoms with Crippen LogP contribution in [0.5, 0.6) is 0 Å².